The Labute approximate surface area is 153 Å². The number of hydrogen-bond donors (Lipinski definition) is 0. The second kappa shape index (κ2) is 7.51. The molecule has 26 heavy (non-hydrogen) atoms. The molecular weight excluding hydrogens is 330 g/mol. The lowest BCUT2D eigenvalue weighted by molar-refractivity contribution is -0.0412. The topological polar surface area (TPSA) is 64.6 Å². The van der Waals surface area contributed by atoms with E-state index >= 15 is 0 Å². The minimum Gasteiger partial charge on any atom is -0.372 e. The molecule has 4 heterocycles. The van der Waals surface area contributed by atoms with Gasteiger partial charge in [-0.3, -0.25) is 14.8 Å². The van der Waals surface area contributed by atoms with Crippen molar-refractivity contribution in [1.82, 2.24) is 14.9 Å². The molecule has 2 aliphatic heterocycles. The maximum Gasteiger partial charge on any atom is 0.255 e. The van der Waals surface area contributed by atoms with Gasteiger partial charge < -0.3 is 14.4 Å². The van der Waals surface area contributed by atoms with E-state index in [-0.39, 0.29) is 17.6 Å². The Morgan fingerprint density at radius 3 is 2.65 bits per heavy atom. The van der Waals surface area contributed by atoms with E-state index in [0.717, 1.165) is 24.8 Å². The van der Waals surface area contributed by atoms with Gasteiger partial charge in [-0.15, -0.1) is 0 Å². The van der Waals surface area contributed by atoms with Crippen LogP contribution in [0.2, 0.25) is 0 Å². The second-order valence-corrected chi connectivity index (χ2v) is 7.03. The van der Waals surface area contributed by atoms with Crippen LogP contribution in [0.1, 0.15) is 35.2 Å². The number of rotatable bonds is 4. The smallest absolute Gasteiger partial charge is 0.255 e. The predicted octanol–water partition coefficient (Wildman–Crippen LogP) is 2.46. The number of amides is 1. The maximum absolute atomic E-state index is 12.5. The Bertz CT molecular complexity index is 730. The molecular formula is C20H23N3O3. The number of hydrogen-bond acceptors (Lipinski definition) is 5. The molecule has 0 aromatic carbocycles. The van der Waals surface area contributed by atoms with E-state index in [1.165, 1.54) is 0 Å². The molecule has 4 rings (SSSR count). The lowest BCUT2D eigenvalue weighted by atomic mass is 9.87. The van der Waals surface area contributed by atoms with Gasteiger partial charge in [-0.05, 0) is 36.6 Å². The molecule has 0 radical (unpaired) electrons. The minimum atomic E-state index is -0.147. The summed E-state index contributed by atoms with van der Waals surface area (Å²) in [5.41, 5.74) is 1.57. The fourth-order valence-electron chi connectivity index (χ4n) is 3.74. The quantitative estimate of drug-likeness (QED) is 0.845. The van der Waals surface area contributed by atoms with Crippen LogP contribution in [0.15, 0.2) is 49.1 Å². The zero-order chi connectivity index (χ0) is 17.8. The van der Waals surface area contributed by atoms with Crippen molar-refractivity contribution in [3.05, 3.63) is 60.2 Å². The third kappa shape index (κ3) is 3.76. The number of carbonyl (C=O) groups is 1. The van der Waals surface area contributed by atoms with Crippen LogP contribution in [0.4, 0.5) is 0 Å². The van der Waals surface area contributed by atoms with Crippen LogP contribution < -0.4 is 0 Å². The molecule has 0 saturated carbocycles. The van der Waals surface area contributed by atoms with E-state index in [1.54, 1.807) is 24.7 Å². The fraction of sp³-hybridized carbons (Fsp3) is 0.450. The molecule has 1 atom stereocenters. The van der Waals surface area contributed by atoms with Crippen LogP contribution in [0.3, 0.4) is 0 Å². The van der Waals surface area contributed by atoms with Gasteiger partial charge in [0.05, 0.1) is 30.5 Å². The van der Waals surface area contributed by atoms with Crippen LogP contribution in [0.5, 0.6) is 0 Å². The number of likely N-dealkylation sites (tertiary alicyclic amines) is 1. The van der Waals surface area contributed by atoms with Crippen LogP contribution >= 0.6 is 0 Å². The molecule has 2 fully saturated rings. The van der Waals surface area contributed by atoms with Gasteiger partial charge in [-0.25, -0.2) is 0 Å². The van der Waals surface area contributed by atoms with Crippen molar-refractivity contribution in [1.29, 1.82) is 0 Å². The van der Waals surface area contributed by atoms with Crippen molar-refractivity contribution < 1.29 is 14.3 Å². The van der Waals surface area contributed by atoms with Gasteiger partial charge in [0.15, 0.2) is 0 Å². The van der Waals surface area contributed by atoms with Crippen LogP contribution in [-0.2, 0) is 16.1 Å². The van der Waals surface area contributed by atoms with Crippen molar-refractivity contribution in [2.24, 2.45) is 0 Å². The monoisotopic (exact) mass is 353 g/mol. The molecule has 2 aliphatic rings. The van der Waals surface area contributed by atoms with Gasteiger partial charge in [-0.2, -0.15) is 0 Å². The number of aromatic nitrogens is 2. The Kier molecular flexibility index (Phi) is 4.95. The SMILES string of the molecule is O=C(c1cccnc1)N1CCC2(CC1)C[C@H](OCc1cccnc1)CO2. The Balaban J connectivity index is 1.28. The van der Waals surface area contributed by atoms with E-state index < -0.39 is 0 Å². The van der Waals surface area contributed by atoms with Crippen LogP contribution in [0, 0.1) is 0 Å². The first-order valence-electron chi connectivity index (χ1n) is 9.08. The minimum absolute atomic E-state index is 0.0512. The van der Waals surface area contributed by atoms with E-state index in [4.69, 9.17) is 9.47 Å². The highest BCUT2D eigenvalue weighted by atomic mass is 16.6. The lowest BCUT2D eigenvalue weighted by Crippen LogP contribution is -2.46. The zero-order valence-electron chi connectivity index (χ0n) is 14.7. The third-order valence-corrected chi connectivity index (χ3v) is 5.25. The van der Waals surface area contributed by atoms with Crippen molar-refractivity contribution in [2.75, 3.05) is 19.7 Å². The molecule has 136 valence electrons. The predicted molar refractivity (Wildman–Crippen MR) is 95.5 cm³/mol. The largest absolute Gasteiger partial charge is 0.372 e. The van der Waals surface area contributed by atoms with Crippen molar-refractivity contribution in [3.63, 3.8) is 0 Å². The summed E-state index contributed by atoms with van der Waals surface area (Å²) in [6.07, 6.45) is 9.60. The third-order valence-electron chi connectivity index (χ3n) is 5.25. The number of carbonyl (C=O) groups excluding carboxylic acids is 1. The normalized spacial score (nSPS) is 21.8. The van der Waals surface area contributed by atoms with Gasteiger partial charge in [0, 0.05) is 44.3 Å². The number of nitrogens with zero attached hydrogens (tertiary/aromatic N) is 3. The van der Waals surface area contributed by atoms with E-state index in [9.17, 15) is 4.79 Å². The molecule has 1 spiro atoms. The molecule has 6 nitrogen and oxygen atoms in total. The fourth-order valence-corrected chi connectivity index (χ4v) is 3.74. The van der Waals surface area contributed by atoms with Crippen molar-refractivity contribution >= 4 is 5.91 Å². The Morgan fingerprint density at radius 2 is 1.96 bits per heavy atom. The average Bonchev–Trinajstić information content (AvgIpc) is 3.10. The molecule has 1 amide bonds. The summed E-state index contributed by atoms with van der Waals surface area (Å²) in [6, 6.07) is 7.54. The molecule has 2 aromatic rings. The number of pyridine rings is 2. The molecule has 0 unspecified atom stereocenters. The van der Waals surface area contributed by atoms with Gasteiger partial charge >= 0.3 is 0 Å². The summed E-state index contributed by atoms with van der Waals surface area (Å²) in [5.74, 6) is 0.0512. The Morgan fingerprint density at radius 1 is 1.19 bits per heavy atom. The van der Waals surface area contributed by atoms with Crippen LogP contribution in [0.25, 0.3) is 0 Å². The highest BCUT2D eigenvalue weighted by molar-refractivity contribution is 5.93. The number of ether oxygens (including phenoxy) is 2. The summed E-state index contributed by atoms with van der Waals surface area (Å²) >= 11 is 0. The van der Waals surface area contributed by atoms with E-state index in [0.29, 0.717) is 31.9 Å². The molecule has 0 N–H and O–H groups in total. The van der Waals surface area contributed by atoms with Gasteiger partial charge in [0.2, 0.25) is 0 Å². The molecule has 2 aromatic heterocycles. The van der Waals surface area contributed by atoms with E-state index in [1.807, 2.05) is 29.3 Å². The highest BCUT2D eigenvalue weighted by Gasteiger charge is 2.43. The standard InChI is InChI=1S/C20H23N3O3/c24-19(17-4-2-8-22-13-17)23-9-5-20(6-10-23)11-18(15-26-20)25-14-16-3-1-7-21-12-16/h1-4,7-8,12-13,18H,5-6,9-11,14-15H2/t18-/m0/s1. The molecule has 6 heteroatoms. The molecule has 0 bridgehead atoms. The summed E-state index contributed by atoms with van der Waals surface area (Å²) in [7, 11) is 0. The summed E-state index contributed by atoms with van der Waals surface area (Å²) in [5, 5.41) is 0. The maximum atomic E-state index is 12.5. The van der Waals surface area contributed by atoms with Crippen LogP contribution in [-0.4, -0.2) is 52.2 Å². The zero-order valence-corrected chi connectivity index (χ0v) is 14.7. The first-order chi connectivity index (χ1) is 12.7. The molecule has 2 saturated heterocycles. The summed E-state index contributed by atoms with van der Waals surface area (Å²) in [6.45, 7) is 2.60. The average molecular weight is 353 g/mol. The van der Waals surface area contributed by atoms with Crippen molar-refractivity contribution in [3.8, 4) is 0 Å². The van der Waals surface area contributed by atoms with Gasteiger partial charge in [0.1, 0.15) is 0 Å². The van der Waals surface area contributed by atoms with E-state index in [2.05, 4.69) is 9.97 Å². The lowest BCUT2D eigenvalue weighted by Gasteiger charge is -2.38. The van der Waals surface area contributed by atoms with Crippen molar-refractivity contribution in [2.45, 2.75) is 37.6 Å². The number of piperidine rings is 1. The van der Waals surface area contributed by atoms with Gasteiger partial charge in [-0.1, -0.05) is 6.07 Å². The van der Waals surface area contributed by atoms with Gasteiger partial charge in [0.25, 0.3) is 5.91 Å². The molecule has 0 aliphatic carbocycles. The first kappa shape index (κ1) is 17.1. The summed E-state index contributed by atoms with van der Waals surface area (Å²) < 4.78 is 12.1. The Hall–Kier alpha value is -2.31. The highest BCUT2D eigenvalue weighted by Crippen LogP contribution is 2.37. The first-order valence-corrected chi connectivity index (χ1v) is 9.08. The second-order valence-electron chi connectivity index (χ2n) is 7.03. The summed E-state index contributed by atoms with van der Waals surface area (Å²) in [4.78, 5) is 22.6.